The van der Waals surface area contributed by atoms with Crippen LogP contribution in [0.25, 0.3) is 0 Å². The zero-order valence-corrected chi connectivity index (χ0v) is 7.14. The summed E-state index contributed by atoms with van der Waals surface area (Å²) in [5.41, 5.74) is 0. The van der Waals surface area contributed by atoms with E-state index in [-0.39, 0.29) is 0 Å². The summed E-state index contributed by atoms with van der Waals surface area (Å²) in [4.78, 5) is 0. The Hall–Kier alpha value is -0.300. The second kappa shape index (κ2) is 3.20. The van der Waals surface area contributed by atoms with Crippen LogP contribution in [-0.4, -0.2) is 24.6 Å². The third-order valence-corrected chi connectivity index (χ3v) is 2.29. The van der Waals surface area contributed by atoms with Gasteiger partial charge in [0.1, 0.15) is 0 Å². The molecule has 0 fully saturated rings. The van der Waals surface area contributed by atoms with E-state index in [4.69, 9.17) is 0 Å². The minimum atomic E-state index is 1.17. The number of rotatable bonds is 3. The monoisotopic (exact) mass is 140 g/mol. The van der Waals surface area contributed by atoms with Crippen molar-refractivity contribution in [3.63, 3.8) is 0 Å². The molecule has 0 aliphatic carbocycles. The molecule has 1 rings (SSSR count). The van der Waals surface area contributed by atoms with E-state index in [0.717, 1.165) is 0 Å². The Labute approximate surface area is 63.9 Å². The number of quaternary nitrogens is 1. The molecule has 0 N–H and O–H groups in total. The van der Waals surface area contributed by atoms with Crippen LogP contribution in [-0.2, 0) is 0 Å². The summed E-state index contributed by atoms with van der Waals surface area (Å²) in [6.45, 7) is 4.90. The molecule has 0 spiro atoms. The van der Waals surface area contributed by atoms with E-state index >= 15 is 0 Å². The highest BCUT2D eigenvalue weighted by Crippen LogP contribution is 2.14. The van der Waals surface area contributed by atoms with Crippen molar-refractivity contribution in [2.45, 2.75) is 26.2 Å². The molecule has 0 aromatic rings. The van der Waals surface area contributed by atoms with Gasteiger partial charge in [0.25, 0.3) is 0 Å². The molecule has 1 heteroatoms. The van der Waals surface area contributed by atoms with Gasteiger partial charge in [-0.25, -0.2) is 0 Å². The van der Waals surface area contributed by atoms with Crippen molar-refractivity contribution in [1.82, 2.24) is 0 Å². The fraction of sp³-hybridized carbons (Fsp3) is 0.778. The number of nitrogens with zero attached hydrogens (tertiary/aromatic N) is 1. The molecule has 1 aliphatic rings. The summed E-state index contributed by atoms with van der Waals surface area (Å²) in [7, 11) is 2.32. The molecule has 0 saturated carbocycles. The minimum Gasteiger partial charge on any atom is -0.300 e. The van der Waals surface area contributed by atoms with Crippen LogP contribution in [0.5, 0.6) is 0 Å². The molecule has 0 aromatic carbocycles. The largest absolute Gasteiger partial charge is 0.300 e. The van der Waals surface area contributed by atoms with Gasteiger partial charge in [-0.05, 0) is 12.5 Å². The molecule has 0 amide bonds. The molecular formula is C9H18N+. The number of hydrogen-bond donors (Lipinski definition) is 0. The minimum absolute atomic E-state index is 1.17. The Morgan fingerprint density at radius 1 is 1.50 bits per heavy atom. The predicted molar refractivity (Wildman–Crippen MR) is 44.6 cm³/mol. The van der Waals surface area contributed by atoms with Crippen LogP contribution in [0.15, 0.2) is 12.3 Å². The number of hydrogen-bond acceptors (Lipinski definition) is 0. The zero-order chi connectivity index (χ0) is 7.45. The molecule has 0 saturated heterocycles. The van der Waals surface area contributed by atoms with Gasteiger partial charge in [-0.2, -0.15) is 0 Å². The normalized spacial score (nSPS) is 31.4. The molecule has 0 bridgehead atoms. The maximum atomic E-state index is 2.34. The van der Waals surface area contributed by atoms with Gasteiger partial charge in [-0.1, -0.05) is 13.3 Å². The van der Waals surface area contributed by atoms with Crippen LogP contribution >= 0.6 is 0 Å². The SMILES string of the molecule is CCCC[N+]1(C)C=CCC1. The van der Waals surface area contributed by atoms with Gasteiger partial charge in [0.05, 0.1) is 26.3 Å². The zero-order valence-electron chi connectivity index (χ0n) is 7.14. The molecule has 1 nitrogen and oxygen atoms in total. The summed E-state index contributed by atoms with van der Waals surface area (Å²) in [6, 6.07) is 0. The smallest absolute Gasteiger partial charge is 0.0918 e. The van der Waals surface area contributed by atoms with E-state index in [2.05, 4.69) is 26.2 Å². The molecule has 1 aliphatic heterocycles. The molecule has 0 aromatic heterocycles. The van der Waals surface area contributed by atoms with E-state index in [1.807, 2.05) is 0 Å². The van der Waals surface area contributed by atoms with Crippen LogP contribution in [0.2, 0.25) is 0 Å². The molecule has 1 heterocycles. The Morgan fingerprint density at radius 3 is 2.80 bits per heavy atom. The first-order valence-electron chi connectivity index (χ1n) is 4.29. The maximum Gasteiger partial charge on any atom is 0.0918 e. The third kappa shape index (κ3) is 1.84. The van der Waals surface area contributed by atoms with Crippen molar-refractivity contribution in [2.75, 3.05) is 20.1 Å². The lowest BCUT2D eigenvalue weighted by atomic mass is 10.3. The molecule has 58 valence electrons. The summed E-state index contributed by atoms with van der Waals surface area (Å²) >= 11 is 0. The van der Waals surface area contributed by atoms with Gasteiger partial charge >= 0.3 is 0 Å². The van der Waals surface area contributed by atoms with E-state index < -0.39 is 0 Å². The maximum absolute atomic E-state index is 2.34. The highest BCUT2D eigenvalue weighted by atomic mass is 15.3. The second-order valence-electron chi connectivity index (χ2n) is 3.45. The topological polar surface area (TPSA) is 0 Å². The first-order valence-corrected chi connectivity index (χ1v) is 4.29. The second-order valence-corrected chi connectivity index (χ2v) is 3.45. The summed E-state index contributed by atoms with van der Waals surface area (Å²) in [5, 5.41) is 0. The molecular weight excluding hydrogens is 122 g/mol. The predicted octanol–water partition coefficient (Wildman–Crippen LogP) is 2.15. The van der Waals surface area contributed by atoms with Gasteiger partial charge in [-0.3, -0.25) is 4.48 Å². The molecule has 1 unspecified atom stereocenters. The summed E-state index contributed by atoms with van der Waals surface area (Å²) in [6.07, 6.45) is 8.61. The van der Waals surface area contributed by atoms with Gasteiger partial charge in [0, 0.05) is 6.42 Å². The Balaban J connectivity index is 2.30. The first-order chi connectivity index (χ1) is 4.77. The summed E-state index contributed by atoms with van der Waals surface area (Å²) < 4.78 is 1.17. The third-order valence-electron chi connectivity index (χ3n) is 2.29. The Bertz CT molecular complexity index is 129. The average Bonchev–Trinajstić information content (AvgIpc) is 2.33. The van der Waals surface area contributed by atoms with E-state index in [1.165, 1.54) is 36.8 Å². The quantitative estimate of drug-likeness (QED) is 0.527. The highest BCUT2D eigenvalue weighted by Gasteiger charge is 2.20. The average molecular weight is 140 g/mol. The van der Waals surface area contributed by atoms with Crippen molar-refractivity contribution in [2.24, 2.45) is 0 Å². The first kappa shape index (κ1) is 7.80. The van der Waals surface area contributed by atoms with Crippen molar-refractivity contribution in [3.8, 4) is 0 Å². The van der Waals surface area contributed by atoms with Crippen molar-refractivity contribution >= 4 is 0 Å². The van der Waals surface area contributed by atoms with Crippen molar-refractivity contribution in [3.05, 3.63) is 12.3 Å². The Kier molecular flexibility index (Phi) is 2.50. The lowest BCUT2D eigenvalue weighted by Gasteiger charge is -2.26. The Morgan fingerprint density at radius 2 is 2.30 bits per heavy atom. The molecule has 10 heavy (non-hydrogen) atoms. The standard InChI is InChI=1S/C9H18N/c1-3-4-7-10(2)8-5-6-9-10/h5,8H,3-4,6-7,9H2,1-2H3/q+1. The van der Waals surface area contributed by atoms with Crippen molar-refractivity contribution in [1.29, 1.82) is 0 Å². The van der Waals surface area contributed by atoms with Crippen molar-refractivity contribution < 1.29 is 4.48 Å². The van der Waals surface area contributed by atoms with Crippen LogP contribution in [0, 0.1) is 0 Å². The molecule has 1 atom stereocenters. The summed E-state index contributed by atoms with van der Waals surface area (Å²) in [5.74, 6) is 0. The van der Waals surface area contributed by atoms with Gasteiger partial charge in [0.15, 0.2) is 0 Å². The van der Waals surface area contributed by atoms with Crippen LogP contribution in [0.4, 0.5) is 0 Å². The van der Waals surface area contributed by atoms with E-state index in [1.54, 1.807) is 0 Å². The van der Waals surface area contributed by atoms with Crippen LogP contribution < -0.4 is 0 Å². The lowest BCUT2D eigenvalue weighted by molar-refractivity contribution is -0.854. The van der Waals surface area contributed by atoms with Gasteiger partial charge in [-0.15, -0.1) is 0 Å². The van der Waals surface area contributed by atoms with Gasteiger partial charge in [0.2, 0.25) is 0 Å². The highest BCUT2D eigenvalue weighted by molar-refractivity contribution is 4.80. The fourth-order valence-corrected chi connectivity index (χ4v) is 1.48. The lowest BCUT2D eigenvalue weighted by Crippen LogP contribution is -2.36. The fourth-order valence-electron chi connectivity index (χ4n) is 1.48. The van der Waals surface area contributed by atoms with E-state index in [0.29, 0.717) is 0 Å². The number of unbranched alkanes of at least 4 members (excludes halogenated alkanes) is 1. The van der Waals surface area contributed by atoms with Crippen LogP contribution in [0.3, 0.4) is 0 Å². The molecule has 0 radical (unpaired) electrons. The van der Waals surface area contributed by atoms with Gasteiger partial charge < -0.3 is 0 Å². The van der Waals surface area contributed by atoms with Crippen LogP contribution in [0.1, 0.15) is 26.2 Å². The van der Waals surface area contributed by atoms with E-state index in [9.17, 15) is 0 Å².